The first-order valence-electron chi connectivity index (χ1n) is 3.97. The molecule has 0 atom stereocenters. The van der Waals surface area contributed by atoms with E-state index in [0.717, 1.165) is 16.4 Å². The molecule has 14 heavy (non-hydrogen) atoms. The smallest absolute Gasteiger partial charge is 0.160 e. The normalized spacial score (nSPS) is 10.7. The molecule has 0 aliphatic rings. The summed E-state index contributed by atoms with van der Waals surface area (Å²) in [6, 6.07) is 5.02. The van der Waals surface area contributed by atoms with E-state index in [1.54, 1.807) is 12.1 Å². The highest BCUT2D eigenvalue weighted by Crippen LogP contribution is 2.27. The molecule has 1 heterocycles. The number of alkyl halides is 1. The Kier molecular flexibility index (Phi) is 2.65. The van der Waals surface area contributed by atoms with Gasteiger partial charge in [-0.2, -0.15) is 0 Å². The molecule has 1 aromatic heterocycles. The largest absolute Gasteiger partial charge is 0.297 e. The number of thiophene rings is 1. The summed E-state index contributed by atoms with van der Waals surface area (Å²) in [5.41, 5.74) is 0.618. The third-order valence-electron chi connectivity index (χ3n) is 1.96. The molecule has 0 aliphatic carbocycles. The van der Waals surface area contributed by atoms with E-state index in [9.17, 15) is 9.18 Å². The van der Waals surface area contributed by atoms with Gasteiger partial charge in [-0.15, -0.1) is 11.3 Å². The minimum atomic E-state index is -0.228. The number of carbonyl (C=O) groups is 1. The van der Waals surface area contributed by atoms with Gasteiger partial charge in [0.2, 0.25) is 0 Å². The second-order valence-electron chi connectivity index (χ2n) is 2.88. The van der Waals surface area contributed by atoms with E-state index in [0.29, 0.717) is 15.8 Å². The lowest BCUT2D eigenvalue weighted by Gasteiger charge is -1.97. The third-order valence-corrected chi connectivity index (χ3v) is 3.59. The topological polar surface area (TPSA) is 17.1 Å². The first-order chi connectivity index (χ1) is 6.74. The van der Waals surface area contributed by atoms with Gasteiger partial charge in [0.15, 0.2) is 6.29 Å². The standard InChI is InChI=1S/C10H6BrFOS/c11-4-7-1-6-2-8(5-13)14-10(6)3-9(7)12/h1-3,5H,4H2. The monoisotopic (exact) mass is 272 g/mol. The lowest BCUT2D eigenvalue weighted by molar-refractivity contribution is 0.112. The van der Waals surface area contributed by atoms with Crippen molar-refractivity contribution in [3.05, 3.63) is 34.5 Å². The van der Waals surface area contributed by atoms with Gasteiger partial charge in [-0.05, 0) is 29.1 Å². The van der Waals surface area contributed by atoms with Crippen LogP contribution in [-0.4, -0.2) is 6.29 Å². The molecule has 0 N–H and O–H groups in total. The Hall–Kier alpha value is -0.740. The van der Waals surface area contributed by atoms with Crippen LogP contribution in [0.2, 0.25) is 0 Å². The van der Waals surface area contributed by atoms with Gasteiger partial charge in [-0.25, -0.2) is 4.39 Å². The van der Waals surface area contributed by atoms with E-state index in [4.69, 9.17) is 0 Å². The van der Waals surface area contributed by atoms with Crippen LogP contribution >= 0.6 is 27.3 Å². The van der Waals surface area contributed by atoms with Crippen LogP contribution in [0.3, 0.4) is 0 Å². The van der Waals surface area contributed by atoms with Crippen molar-refractivity contribution in [2.75, 3.05) is 0 Å². The average Bonchev–Trinajstić information content (AvgIpc) is 2.58. The molecule has 0 radical (unpaired) electrons. The fourth-order valence-corrected chi connectivity index (χ4v) is 2.61. The van der Waals surface area contributed by atoms with Crippen molar-refractivity contribution in [3.63, 3.8) is 0 Å². The highest BCUT2D eigenvalue weighted by Gasteiger charge is 2.06. The summed E-state index contributed by atoms with van der Waals surface area (Å²) in [5.74, 6) is -0.228. The van der Waals surface area contributed by atoms with E-state index in [-0.39, 0.29) is 5.82 Å². The minimum Gasteiger partial charge on any atom is -0.297 e. The molecular weight excluding hydrogens is 267 g/mol. The summed E-state index contributed by atoms with van der Waals surface area (Å²) in [7, 11) is 0. The Morgan fingerprint density at radius 3 is 2.86 bits per heavy atom. The zero-order valence-corrected chi connectivity index (χ0v) is 9.49. The summed E-state index contributed by atoms with van der Waals surface area (Å²) < 4.78 is 14.1. The number of hydrogen-bond donors (Lipinski definition) is 0. The Morgan fingerprint density at radius 1 is 1.43 bits per heavy atom. The van der Waals surface area contributed by atoms with Crippen LogP contribution in [-0.2, 0) is 5.33 Å². The van der Waals surface area contributed by atoms with Crippen LogP contribution in [0.5, 0.6) is 0 Å². The van der Waals surface area contributed by atoms with Gasteiger partial charge < -0.3 is 0 Å². The second-order valence-corrected chi connectivity index (χ2v) is 4.56. The highest BCUT2D eigenvalue weighted by atomic mass is 79.9. The molecule has 1 nitrogen and oxygen atoms in total. The SMILES string of the molecule is O=Cc1cc2cc(CBr)c(F)cc2s1. The van der Waals surface area contributed by atoms with E-state index in [1.165, 1.54) is 17.4 Å². The van der Waals surface area contributed by atoms with Gasteiger partial charge in [0, 0.05) is 10.0 Å². The lowest BCUT2D eigenvalue weighted by atomic mass is 10.2. The first kappa shape index (κ1) is 9.80. The minimum absolute atomic E-state index is 0.228. The van der Waals surface area contributed by atoms with Crippen molar-refractivity contribution in [3.8, 4) is 0 Å². The molecule has 2 rings (SSSR count). The van der Waals surface area contributed by atoms with Gasteiger partial charge in [0.05, 0.1) is 4.88 Å². The Labute approximate surface area is 92.7 Å². The summed E-state index contributed by atoms with van der Waals surface area (Å²) in [6.45, 7) is 0. The first-order valence-corrected chi connectivity index (χ1v) is 5.91. The van der Waals surface area contributed by atoms with Crippen molar-refractivity contribution in [1.82, 2.24) is 0 Å². The van der Waals surface area contributed by atoms with E-state index >= 15 is 0 Å². The summed E-state index contributed by atoms with van der Waals surface area (Å²) >= 11 is 4.52. The highest BCUT2D eigenvalue weighted by molar-refractivity contribution is 9.08. The number of aldehydes is 1. The zero-order chi connectivity index (χ0) is 10.1. The van der Waals surface area contributed by atoms with E-state index < -0.39 is 0 Å². The van der Waals surface area contributed by atoms with Crippen LogP contribution in [0.25, 0.3) is 10.1 Å². The van der Waals surface area contributed by atoms with Crippen molar-refractivity contribution < 1.29 is 9.18 Å². The molecule has 0 fully saturated rings. The molecule has 2 aromatic rings. The van der Waals surface area contributed by atoms with Gasteiger partial charge in [0.1, 0.15) is 5.82 Å². The maximum absolute atomic E-state index is 13.3. The Balaban J connectivity index is 2.69. The molecule has 0 bridgehead atoms. The van der Waals surface area contributed by atoms with Gasteiger partial charge in [-0.1, -0.05) is 15.9 Å². The number of hydrogen-bond acceptors (Lipinski definition) is 2. The Morgan fingerprint density at radius 2 is 2.21 bits per heavy atom. The quantitative estimate of drug-likeness (QED) is 0.601. The maximum Gasteiger partial charge on any atom is 0.160 e. The van der Waals surface area contributed by atoms with Crippen LogP contribution in [0.1, 0.15) is 15.2 Å². The van der Waals surface area contributed by atoms with Crippen LogP contribution < -0.4 is 0 Å². The summed E-state index contributed by atoms with van der Waals surface area (Å²) in [5, 5.41) is 1.41. The van der Waals surface area contributed by atoms with Gasteiger partial charge in [0.25, 0.3) is 0 Å². The predicted molar refractivity (Wildman–Crippen MR) is 59.8 cm³/mol. The molecule has 0 saturated carbocycles. The number of benzene rings is 1. The Bertz CT molecular complexity index is 492. The van der Waals surface area contributed by atoms with Gasteiger partial charge in [-0.3, -0.25) is 4.79 Å². The molecule has 0 amide bonds. The van der Waals surface area contributed by atoms with E-state index in [1.807, 2.05) is 0 Å². The maximum atomic E-state index is 13.3. The van der Waals surface area contributed by atoms with Crippen LogP contribution in [0, 0.1) is 5.82 Å². The van der Waals surface area contributed by atoms with Crippen LogP contribution in [0.15, 0.2) is 18.2 Å². The summed E-state index contributed by atoms with van der Waals surface area (Å²) in [6.07, 6.45) is 0.788. The second kappa shape index (κ2) is 3.79. The third kappa shape index (κ3) is 1.60. The molecule has 0 spiro atoms. The van der Waals surface area contributed by atoms with Crippen molar-refractivity contribution in [2.45, 2.75) is 5.33 Å². The van der Waals surface area contributed by atoms with Gasteiger partial charge >= 0.3 is 0 Å². The summed E-state index contributed by atoms with van der Waals surface area (Å²) in [4.78, 5) is 11.2. The molecule has 0 unspecified atom stereocenters. The van der Waals surface area contributed by atoms with Crippen molar-refractivity contribution in [1.29, 1.82) is 0 Å². The number of halogens is 2. The fraction of sp³-hybridized carbons (Fsp3) is 0.100. The van der Waals surface area contributed by atoms with Crippen LogP contribution in [0.4, 0.5) is 4.39 Å². The van der Waals surface area contributed by atoms with Crippen molar-refractivity contribution in [2.24, 2.45) is 0 Å². The molecule has 0 saturated heterocycles. The predicted octanol–water partition coefficient (Wildman–Crippen LogP) is 3.75. The molecule has 4 heteroatoms. The molecule has 0 aliphatic heterocycles. The molecular formula is C10H6BrFOS. The lowest BCUT2D eigenvalue weighted by Crippen LogP contribution is -1.83. The number of fused-ring (bicyclic) bond motifs is 1. The average molecular weight is 273 g/mol. The fourth-order valence-electron chi connectivity index (χ4n) is 1.29. The molecule has 1 aromatic carbocycles. The number of carbonyl (C=O) groups excluding carboxylic acids is 1. The number of rotatable bonds is 2. The van der Waals surface area contributed by atoms with E-state index in [2.05, 4.69) is 15.9 Å². The molecule has 72 valence electrons. The zero-order valence-electron chi connectivity index (χ0n) is 7.09. The van der Waals surface area contributed by atoms with Crippen molar-refractivity contribution >= 4 is 43.6 Å².